The Morgan fingerprint density at radius 3 is 2.50 bits per heavy atom. The first-order chi connectivity index (χ1) is 4.66. The summed E-state index contributed by atoms with van der Waals surface area (Å²) in [4.78, 5) is 20.7. The zero-order valence-electron chi connectivity index (χ0n) is 6.09. The highest BCUT2D eigenvalue weighted by atomic mass is 16.5. The maximum absolute atomic E-state index is 10.6. The monoisotopic (exact) mass is 142 g/mol. The topological polar surface area (TPSA) is 43.4 Å². The van der Waals surface area contributed by atoms with Gasteiger partial charge in [-0.2, -0.15) is 0 Å². The van der Waals surface area contributed by atoms with Gasteiger partial charge in [-0.3, -0.25) is 9.59 Å². The number of esters is 1. The fraction of sp³-hybridized carbons (Fsp3) is 0.429. The zero-order valence-corrected chi connectivity index (χ0v) is 6.09. The lowest BCUT2D eigenvalue weighted by atomic mass is 10.4. The van der Waals surface area contributed by atoms with Gasteiger partial charge in [-0.1, -0.05) is 6.08 Å². The molecule has 0 atom stereocenters. The number of rotatable bonds is 3. The minimum absolute atomic E-state index is 0.153. The van der Waals surface area contributed by atoms with Gasteiger partial charge in [0.1, 0.15) is 0 Å². The third-order valence-corrected chi connectivity index (χ3v) is 0.770. The van der Waals surface area contributed by atoms with Crippen LogP contribution >= 0.6 is 0 Å². The summed E-state index contributed by atoms with van der Waals surface area (Å²) in [7, 11) is 0. The number of carbonyl (C=O) groups is 2. The van der Waals surface area contributed by atoms with Crippen molar-refractivity contribution in [3.8, 4) is 0 Å². The number of allylic oxidation sites excluding steroid dienone is 1. The Kier molecular flexibility index (Phi) is 4.20. The molecule has 0 aliphatic carbocycles. The summed E-state index contributed by atoms with van der Waals surface area (Å²) >= 11 is 0. The van der Waals surface area contributed by atoms with Crippen molar-refractivity contribution >= 4 is 11.8 Å². The molecule has 0 N–H and O–H groups in total. The summed E-state index contributed by atoms with van der Waals surface area (Å²) in [6.07, 6.45) is 2.97. The summed E-state index contributed by atoms with van der Waals surface area (Å²) in [5, 5.41) is 0. The molecule has 3 nitrogen and oxygen atoms in total. The van der Waals surface area contributed by atoms with Crippen LogP contribution in [-0.4, -0.2) is 18.4 Å². The number of carbonyl (C=O) groups excluding carboxylic acids is 2. The molecule has 0 aromatic carbocycles. The molecule has 3 heteroatoms. The molecular formula is C7H10O3. The van der Waals surface area contributed by atoms with E-state index in [0.29, 0.717) is 0 Å². The molecule has 0 bridgehead atoms. The summed E-state index contributed by atoms with van der Waals surface area (Å²) in [6, 6.07) is 0. The first-order valence-electron chi connectivity index (χ1n) is 2.95. The summed E-state index contributed by atoms with van der Waals surface area (Å²) in [5.41, 5.74) is 0. The molecule has 0 saturated heterocycles. The third kappa shape index (κ3) is 5.03. The quantitative estimate of drug-likeness (QED) is 0.430. The van der Waals surface area contributed by atoms with Gasteiger partial charge >= 0.3 is 5.97 Å². The van der Waals surface area contributed by atoms with Crippen molar-refractivity contribution in [1.82, 2.24) is 0 Å². The zero-order chi connectivity index (χ0) is 7.98. The Hall–Kier alpha value is -1.12. The Bertz CT molecular complexity index is 158. The van der Waals surface area contributed by atoms with Gasteiger partial charge in [0.05, 0.1) is 0 Å². The van der Waals surface area contributed by atoms with Crippen molar-refractivity contribution in [1.29, 1.82) is 0 Å². The predicted octanol–water partition coefficient (Wildman–Crippen LogP) is 0.695. The Labute approximate surface area is 59.7 Å². The van der Waals surface area contributed by atoms with Crippen molar-refractivity contribution in [2.45, 2.75) is 13.8 Å². The van der Waals surface area contributed by atoms with Crippen LogP contribution in [0.5, 0.6) is 0 Å². The normalized spacial score (nSPS) is 9.80. The molecule has 0 aliphatic rings. The van der Waals surface area contributed by atoms with Crippen LogP contribution in [-0.2, 0) is 14.3 Å². The lowest BCUT2D eigenvalue weighted by molar-refractivity contribution is -0.144. The van der Waals surface area contributed by atoms with Crippen LogP contribution < -0.4 is 0 Å². The highest BCUT2D eigenvalue weighted by molar-refractivity contribution is 5.91. The van der Waals surface area contributed by atoms with E-state index in [1.165, 1.54) is 13.0 Å². The molecule has 10 heavy (non-hydrogen) atoms. The molecule has 0 rings (SSSR count). The fourth-order valence-corrected chi connectivity index (χ4v) is 0.407. The SMILES string of the molecule is C/C=C/C(=O)COC(C)=O. The molecule has 0 aromatic heterocycles. The van der Waals surface area contributed by atoms with E-state index in [4.69, 9.17) is 0 Å². The summed E-state index contributed by atoms with van der Waals surface area (Å²) in [5.74, 6) is -0.629. The van der Waals surface area contributed by atoms with Crippen LogP contribution in [0.3, 0.4) is 0 Å². The van der Waals surface area contributed by atoms with Crippen LogP contribution in [0, 0.1) is 0 Å². The number of hydrogen-bond donors (Lipinski definition) is 0. The predicted molar refractivity (Wildman–Crippen MR) is 36.5 cm³/mol. The average Bonchev–Trinajstić information content (AvgIpc) is 1.85. The maximum atomic E-state index is 10.6. The van der Waals surface area contributed by atoms with E-state index < -0.39 is 5.97 Å². The lowest BCUT2D eigenvalue weighted by Gasteiger charge is -1.94. The van der Waals surface area contributed by atoms with E-state index in [-0.39, 0.29) is 12.4 Å². The smallest absolute Gasteiger partial charge is 0.303 e. The van der Waals surface area contributed by atoms with Crippen molar-refractivity contribution in [3.05, 3.63) is 12.2 Å². The Balaban J connectivity index is 3.50. The van der Waals surface area contributed by atoms with Gasteiger partial charge in [0.15, 0.2) is 12.4 Å². The standard InChI is InChI=1S/C7H10O3/c1-3-4-7(9)5-10-6(2)8/h3-4H,5H2,1-2H3/b4-3+. The molecule has 0 unspecified atom stereocenters. The fourth-order valence-electron chi connectivity index (χ4n) is 0.407. The van der Waals surface area contributed by atoms with Gasteiger partial charge < -0.3 is 4.74 Å². The highest BCUT2D eigenvalue weighted by Gasteiger charge is 1.97. The maximum Gasteiger partial charge on any atom is 0.303 e. The van der Waals surface area contributed by atoms with Crippen molar-refractivity contribution < 1.29 is 14.3 Å². The van der Waals surface area contributed by atoms with E-state index in [1.807, 2.05) is 0 Å². The molecule has 0 spiro atoms. The first kappa shape index (κ1) is 8.88. The van der Waals surface area contributed by atoms with Gasteiger partial charge in [0.2, 0.25) is 0 Å². The van der Waals surface area contributed by atoms with Crippen LogP contribution in [0.15, 0.2) is 12.2 Å². The van der Waals surface area contributed by atoms with Crippen LogP contribution in [0.4, 0.5) is 0 Å². The molecule has 0 aliphatic heterocycles. The Morgan fingerprint density at radius 1 is 1.50 bits per heavy atom. The minimum atomic E-state index is -0.433. The molecule has 0 saturated carbocycles. The number of hydrogen-bond acceptors (Lipinski definition) is 3. The van der Waals surface area contributed by atoms with Crippen molar-refractivity contribution in [2.24, 2.45) is 0 Å². The molecule has 0 aromatic rings. The molecular weight excluding hydrogens is 132 g/mol. The van der Waals surface area contributed by atoms with Gasteiger partial charge in [-0.05, 0) is 13.0 Å². The van der Waals surface area contributed by atoms with Crippen molar-refractivity contribution in [3.63, 3.8) is 0 Å². The molecule has 0 fully saturated rings. The van der Waals surface area contributed by atoms with Gasteiger partial charge in [0, 0.05) is 6.92 Å². The van der Waals surface area contributed by atoms with Crippen molar-refractivity contribution in [2.75, 3.05) is 6.61 Å². The average molecular weight is 142 g/mol. The minimum Gasteiger partial charge on any atom is -0.457 e. The van der Waals surface area contributed by atoms with Gasteiger partial charge in [-0.15, -0.1) is 0 Å². The lowest BCUT2D eigenvalue weighted by Crippen LogP contribution is -2.08. The Morgan fingerprint density at radius 2 is 2.10 bits per heavy atom. The van der Waals surface area contributed by atoms with E-state index in [1.54, 1.807) is 13.0 Å². The second-order valence-corrected chi connectivity index (χ2v) is 1.75. The molecule has 0 amide bonds. The number of ketones is 1. The van der Waals surface area contributed by atoms with E-state index >= 15 is 0 Å². The summed E-state index contributed by atoms with van der Waals surface area (Å²) < 4.78 is 4.42. The van der Waals surface area contributed by atoms with E-state index in [0.717, 1.165) is 0 Å². The van der Waals surface area contributed by atoms with Gasteiger partial charge in [0.25, 0.3) is 0 Å². The second-order valence-electron chi connectivity index (χ2n) is 1.75. The van der Waals surface area contributed by atoms with Crippen LogP contribution in [0.25, 0.3) is 0 Å². The largest absolute Gasteiger partial charge is 0.457 e. The number of ether oxygens (including phenoxy) is 1. The van der Waals surface area contributed by atoms with E-state index in [2.05, 4.69) is 4.74 Å². The molecule has 0 heterocycles. The highest BCUT2D eigenvalue weighted by Crippen LogP contribution is 1.80. The third-order valence-electron chi connectivity index (χ3n) is 0.770. The van der Waals surface area contributed by atoms with Crippen LogP contribution in [0.2, 0.25) is 0 Å². The van der Waals surface area contributed by atoms with Gasteiger partial charge in [-0.25, -0.2) is 0 Å². The summed E-state index contributed by atoms with van der Waals surface area (Å²) in [6.45, 7) is 2.84. The molecule has 0 radical (unpaired) electrons. The first-order valence-corrected chi connectivity index (χ1v) is 2.95. The van der Waals surface area contributed by atoms with E-state index in [9.17, 15) is 9.59 Å². The van der Waals surface area contributed by atoms with Crippen LogP contribution in [0.1, 0.15) is 13.8 Å². The second kappa shape index (κ2) is 4.73. The molecule has 56 valence electrons.